The van der Waals surface area contributed by atoms with Crippen LogP contribution in [-0.2, 0) is 4.79 Å². The maximum Gasteiger partial charge on any atom is 0.216 e. The molecule has 1 rings (SSSR count). The summed E-state index contributed by atoms with van der Waals surface area (Å²) >= 11 is 0. The topological polar surface area (TPSA) is 66.4 Å². The van der Waals surface area contributed by atoms with Gasteiger partial charge in [0.2, 0.25) is 5.91 Å². The van der Waals surface area contributed by atoms with E-state index in [1.165, 1.54) is 19.9 Å². The van der Waals surface area contributed by atoms with Crippen LogP contribution in [0.3, 0.4) is 0 Å². The zero-order valence-corrected chi connectivity index (χ0v) is 10.4. The third-order valence-corrected chi connectivity index (χ3v) is 2.23. The summed E-state index contributed by atoms with van der Waals surface area (Å²) in [6.07, 6.45) is 0.537. The highest BCUT2D eigenvalue weighted by molar-refractivity contribution is 5.96. The van der Waals surface area contributed by atoms with Crippen LogP contribution in [0.4, 0.5) is 0 Å². The second kappa shape index (κ2) is 6.45. The van der Waals surface area contributed by atoms with Gasteiger partial charge in [-0.05, 0) is 25.1 Å². The highest BCUT2D eigenvalue weighted by Gasteiger charge is 2.05. The number of carbonyl (C=O) groups excluding carboxylic acids is 2. The van der Waals surface area contributed by atoms with E-state index in [-0.39, 0.29) is 17.4 Å². The molecule has 0 fully saturated rings. The van der Waals surface area contributed by atoms with Gasteiger partial charge in [-0.3, -0.25) is 9.59 Å². The first kappa shape index (κ1) is 13.8. The first-order chi connectivity index (χ1) is 8.50. The molecule has 0 spiro atoms. The van der Waals surface area contributed by atoms with Crippen LogP contribution >= 0.6 is 0 Å². The lowest BCUT2D eigenvalue weighted by atomic mass is 10.1. The molecule has 0 heterocycles. The molecule has 0 aliphatic heterocycles. The number of carbonyl (C=O) groups is 2. The van der Waals surface area contributed by atoms with Crippen LogP contribution in [0.5, 0.6) is 5.75 Å². The maximum absolute atomic E-state index is 11.1. The summed E-state index contributed by atoms with van der Waals surface area (Å²) in [6, 6.07) is 4.69. The predicted molar refractivity (Wildman–Crippen MR) is 68.3 cm³/mol. The number of amides is 1. The summed E-state index contributed by atoms with van der Waals surface area (Å²) in [5, 5.41) is 12.2. The third-order valence-electron chi connectivity index (χ3n) is 2.23. The molecular formula is C14H15NO3. The summed E-state index contributed by atoms with van der Waals surface area (Å²) in [4.78, 5) is 21.7. The van der Waals surface area contributed by atoms with Gasteiger partial charge in [0.25, 0.3) is 0 Å². The molecule has 0 bridgehead atoms. The lowest BCUT2D eigenvalue weighted by molar-refractivity contribution is -0.118. The van der Waals surface area contributed by atoms with Crippen molar-refractivity contribution >= 4 is 11.7 Å². The molecule has 18 heavy (non-hydrogen) atoms. The zero-order chi connectivity index (χ0) is 13.5. The Balaban J connectivity index is 2.64. The number of Topliss-reactive ketones (excluding diaryl/α,β-unsaturated/α-hetero) is 1. The highest BCUT2D eigenvalue weighted by Crippen LogP contribution is 2.18. The normalized spacial score (nSPS) is 9.22. The van der Waals surface area contributed by atoms with Crippen LogP contribution in [-0.4, -0.2) is 23.3 Å². The molecule has 1 amide bonds. The van der Waals surface area contributed by atoms with Crippen molar-refractivity contribution in [1.29, 1.82) is 0 Å². The molecule has 4 heteroatoms. The molecule has 0 aliphatic rings. The van der Waals surface area contributed by atoms with E-state index in [1.54, 1.807) is 12.1 Å². The molecule has 1 aromatic carbocycles. The van der Waals surface area contributed by atoms with E-state index in [0.717, 1.165) is 0 Å². The molecule has 1 aromatic rings. The zero-order valence-electron chi connectivity index (χ0n) is 10.4. The standard InChI is InChI=1S/C14H15NO3/c1-10(16)13-7-6-12(9-14(13)18)5-3-4-8-15-11(2)17/h6-7,9,18H,4,8H2,1-2H3,(H,15,17). The van der Waals surface area contributed by atoms with Crippen molar-refractivity contribution < 1.29 is 14.7 Å². The molecule has 4 nitrogen and oxygen atoms in total. The third kappa shape index (κ3) is 4.30. The number of hydrogen-bond donors (Lipinski definition) is 2. The smallest absolute Gasteiger partial charge is 0.216 e. The quantitative estimate of drug-likeness (QED) is 0.481. The average Bonchev–Trinajstić information content (AvgIpc) is 2.27. The van der Waals surface area contributed by atoms with E-state index in [0.29, 0.717) is 24.1 Å². The number of ketones is 1. The second-order valence-corrected chi connectivity index (χ2v) is 3.82. The fraction of sp³-hybridized carbons (Fsp3) is 0.286. The molecule has 0 aromatic heterocycles. The molecular weight excluding hydrogens is 230 g/mol. The van der Waals surface area contributed by atoms with Gasteiger partial charge in [-0.25, -0.2) is 0 Å². The summed E-state index contributed by atoms with van der Waals surface area (Å²) < 4.78 is 0. The number of nitrogens with one attached hydrogen (secondary N) is 1. The monoisotopic (exact) mass is 245 g/mol. The Morgan fingerprint density at radius 1 is 1.33 bits per heavy atom. The molecule has 0 radical (unpaired) electrons. The van der Waals surface area contributed by atoms with E-state index in [9.17, 15) is 14.7 Å². The Labute approximate surface area is 106 Å². The van der Waals surface area contributed by atoms with Crippen LogP contribution in [0.1, 0.15) is 36.2 Å². The van der Waals surface area contributed by atoms with Gasteiger partial charge in [-0.15, -0.1) is 0 Å². The lowest BCUT2D eigenvalue weighted by Gasteiger charge is -2.00. The Bertz CT molecular complexity index is 524. The Hall–Kier alpha value is -2.28. The fourth-order valence-electron chi connectivity index (χ4n) is 1.37. The Morgan fingerprint density at radius 3 is 2.61 bits per heavy atom. The van der Waals surface area contributed by atoms with E-state index in [4.69, 9.17) is 0 Å². The van der Waals surface area contributed by atoms with Crippen molar-refractivity contribution in [1.82, 2.24) is 5.32 Å². The van der Waals surface area contributed by atoms with Crippen LogP contribution in [0, 0.1) is 11.8 Å². The Kier molecular flexibility index (Phi) is 4.94. The number of aromatic hydroxyl groups is 1. The molecule has 0 unspecified atom stereocenters. The number of benzene rings is 1. The van der Waals surface area contributed by atoms with Gasteiger partial charge in [-0.2, -0.15) is 0 Å². The van der Waals surface area contributed by atoms with Crippen molar-refractivity contribution in [3.05, 3.63) is 29.3 Å². The minimum Gasteiger partial charge on any atom is -0.507 e. The van der Waals surface area contributed by atoms with Crippen molar-refractivity contribution in [3.8, 4) is 17.6 Å². The molecule has 94 valence electrons. The molecule has 0 aliphatic carbocycles. The maximum atomic E-state index is 11.1. The van der Waals surface area contributed by atoms with Gasteiger partial charge in [0, 0.05) is 25.5 Å². The summed E-state index contributed by atoms with van der Waals surface area (Å²) in [5.41, 5.74) is 0.930. The average molecular weight is 245 g/mol. The van der Waals surface area contributed by atoms with Crippen molar-refractivity contribution in [2.24, 2.45) is 0 Å². The van der Waals surface area contributed by atoms with Gasteiger partial charge in [0.15, 0.2) is 5.78 Å². The second-order valence-electron chi connectivity index (χ2n) is 3.82. The molecule has 0 atom stereocenters. The molecule has 0 saturated carbocycles. The number of phenols is 1. The van der Waals surface area contributed by atoms with E-state index in [1.807, 2.05) is 0 Å². The van der Waals surface area contributed by atoms with Crippen molar-refractivity contribution in [2.75, 3.05) is 6.54 Å². The minimum atomic E-state index is -0.183. The van der Waals surface area contributed by atoms with E-state index >= 15 is 0 Å². The SMILES string of the molecule is CC(=O)NCCC#Cc1ccc(C(C)=O)c(O)c1. The van der Waals surface area contributed by atoms with Gasteiger partial charge < -0.3 is 10.4 Å². The molecule has 2 N–H and O–H groups in total. The van der Waals surface area contributed by atoms with E-state index < -0.39 is 0 Å². The van der Waals surface area contributed by atoms with Crippen LogP contribution in [0.15, 0.2) is 18.2 Å². The predicted octanol–water partition coefficient (Wildman–Crippen LogP) is 1.47. The van der Waals surface area contributed by atoms with Gasteiger partial charge >= 0.3 is 0 Å². The molecule has 0 saturated heterocycles. The highest BCUT2D eigenvalue weighted by atomic mass is 16.3. The van der Waals surface area contributed by atoms with E-state index in [2.05, 4.69) is 17.2 Å². The fourth-order valence-corrected chi connectivity index (χ4v) is 1.37. The van der Waals surface area contributed by atoms with Crippen molar-refractivity contribution in [3.63, 3.8) is 0 Å². The van der Waals surface area contributed by atoms with Crippen LogP contribution in [0.2, 0.25) is 0 Å². The lowest BCUT2D eigenvalue weighted by Crippen LogP contribution is -2.20. The number of rotatable bonds is 3. The summed E-state index contributed by atoms with van der Waals surface area (Å²) in [7, 11) is 0. The van der Waals surface area contributed by atoms with Crippen LogP contribution in [0.25, 0.3) is 0 Å². The largest absolute Gasteiger partial charge is 0.507 e. The first-order valence-corrected chi connectivity index (χ1v) is 5.58. The summed E-state index contributed by atoms with van der Waals surface area (Å²) in [6.45, 7) is 3.35. The number of hydrogen-bond acceptors (Lipinski definition) is 3. The summed E-state index contributed by atoms with van der Waals surface area (Å²) in [5.74, 6) is 5.40. The van der Waals surface area contributed by atoms with Crippen molar-refractivity contribution in [2.45, 2.75) is 20.3 Å². The van der Waals surface area contributed by atoms with Gasteiger partial charge in [0.05, 0.1) is 5.56 Å². The van der Waals surface area contributed by atoms with Crippen LogP contribution < -0.4 is 5.32 Å². The van der Waals surface area contributed by atoms with Gasteiger partial charge in [0.1, 0.15) is 5.75 Å². The minimum absolute atomic E-state index is 0.0591. The number of phenolic OH excluding ortho intramolecular Hbond substituents is 1. The Morgan fingerprint density at radius 2 is 2.06 bits per heavy atom. The van der Waals surface area contributed by atoms with Gasteiger partial charge in [-0.1, -0.05) is 11.8 Å². The first-order valence-electron chi connectivity index (χ1n) is 5.58.